The molecule has 0 radical (unpaired) electrons. The van der Waals surface area contributed by atoms with Crippen LogP contribution in [0.3, 0.4) is 0 Å². The molecule has 2 aromatic rings. The summed E-state index contributed by atoms with van der Waals surface area (Å²) in [6.07, 6.45) is 3.91. The van der Waals surface area contributed by atoms with Crippen molar-refractivity contribution in [2.24, 2.45) is 11.8 Å². The molecule has 3 heteroatoms. The van der Waals surface area contributed by atoms with E-state index >= 15 is 0 Å². The second kappa shape index (κ2) is 6.59. The molecule has 2 nitrogen and oxygen atoms in total. The van der Waals surface area contributed by atoms with E-state index in [4.69, 9.17) is 0 Å². The molecule has 1 fully saturated rings. The lowest BCUT2D eigenvalue weighted by molar-refractivity contribution is 0.544. The van der Waals surface area contributed by atoms with Gasteiger partial charge in [-0.25, -0.2) is 8.42 Å². The largest absolute Gasteiger partial charge is 0.228 e. The van der Waals surface area contributed by atoms with Crippen molar-refractivity contribution >= 4 is 15.4 Å². The first kappa shape index (κ1) is 17.7. The monoisotopic (exact) mass is 391 g/mol. The SMILES string of the molecule is [2H][C@@]1(S(=O)(=O)C(C)(C)C)C(=C)[C@H]2C=C[C@@H]1C2=C(c1ccccc1)c1ccccc1. The van der Waals surface area contributed by atoms with Crippen LogP contribution in [0.2, 0.25) is 0 Å². The van der Waals surface area contributed by atoms with Gasteiger partial charge in [-0.15, -0.1) is 0 Å². The van der Waals surface area contributed by atoms with Gasteiger partial charge in [0.15, 0.2) is 9.84 Å². The minimum absolute atomic E-state index is 0.245. The number of hydrogen-bond donors (Lipinski definition) is 0. The molecular weight excluding hydrogens is 364 g/mol. The lowest BCUT2D eigenvalue weighted by Crippen LogP contribution is -2.40. The Balaban J connectivity index is 2.02. The zero-order valence-corrected chi connectivity index (χ0v) is 17.3. The third kappa shape index (κ3) is 2.80. The summed E-state index contributed by atoms with van der Waals surface area (Å²) in [5.74, 6) is -0.787. The Labute approximate surface area is 169 Å². The highest BCUT2D eigenvalue weighted by Crippen LogP contribution is 2.54. The van der Waals surface area contributed by atoms with Gasteiger partial charge in [-0.2, -0.15) is 0 Å². The first-order chi connectivity index (χ1) is 13.6. The molecule has 4 rings (SSSR count). The molecule has 0 spiro atoms. The fourth-order valence-corrected chi connectivity index (χ4v) is 5.87. The van der Waals surface area contributed by atoms with Crippen molar-refractivity contribution in [2.45, 2.75) is 30.7 Å². The molecule has 1 saturated carbocycles. The van der Waals surface area contributed by atoms with E-state index in [1.165, 1.54) is 0 Å². The van der Waals surface area contributed by atoms with Gasteiger partial charge in [0.2, 0.25) is 0 Å². The number of sulfone groups is 1. The Kier molecular flexibility index (Phi) is 4.17. The van der Waals surface area contributed by atoms with Gasteiger partial charge in [-0.1, -0.05) is 79.4 Å². The van der Waals surface area contributed by atoms with Gasteiger partial charge in [0, 0.05) is 11.8 Å². The van der Waals surface area contributed by atoms with E-state index in [1.54, 1.807) is 20.8 Å². The van der Waals surface area contributed by atoms with Crippen LogP contribution in [-0.4, -0.2) is 18.4 Å². The quantitative estimate of drug-likeness (QED) is 0.653. The van der Waals surface area contributed by atoms with Crippen LogP contribution in [0.5, 0.6) is 0 Å². The van der Waals surface area contributed by atoms with Gasteiger partial charge >= 0.3 is 0 Å². The summed E-state index contributed by atoms with van der Waals surface area (Å²) in [5, 5.41) is -1.76. The predicted molar refractivity (Wildman–Crippen MR) is 117 cm³/mol. The maximum absolute atomic E-state index is 13.5. The maximum Gasteiger partial charge on any atom is 0.162 e. The van der Waals surface area contributed by atoms with Crippen LogP contribution in [0.1, 0.15) is 33.3 Å². The molecule has 2 aromatic carbocycles. The topological polar surface area (TPSA) is 34.1 Å². The van der Waals surface area contributed by atoms with E-state index in [1.807, 2.05) is 72.8 Å². The number of hydrogen-bond acceptors (Lipinski definition) is 2. The summed E-state index contributed by atoms with van der Waals surface area (Å²) in [4.78, 5) is 0. The number of benzene rings is 2. The summed E-state index contributed by atoms with van der Waals surface area (Å²) < 4.78 is 35.2. The van der Waals surface area contributed by atoms with Gasteiger partial charge in [0.1, 0.15) is 0 Å². The van der Waals surface area contributed by atoms with E-state index in [9.17, 15) is 9.79 Å². The number of allylic oxidation sites excluding steroid dienone is 3. The maximum atomic E-state index is 13.5. The predicted octanol–water partition coefficient (Wildman–Crippen LogP) is 5.44. The molecular formula is C25H26O2S. The summed E-state index contributed by atoms with van der Waals surface area (Å²) in [6.45, 7) is 9.14. The molecule has 0 amide bonds. The summed E-state index contributed by atoms with van der Waals surface area (Å²) >= 11 is 0. The Bertz CT molecular complexity index is 1080. The van der Waals surface area contributed by atoms with Gasteiger partial charge in [0.05, 0.1) is 11.3 Å². The molecule has 2 aliphatic rings. The highest BCUT2D eigenvalue weighted by atomic mass is 32.2. The van der Waals surface area contributed by atoms with E-state index in [-0.39, 0.29) is 5.92 Å². The van der Waals surface area contributed by atoms with Crippen LogP contribution < -0.4 is 0 Å². The fraction of sp³-hybridized carbons (Fsp3) is 0.280. The second-order valence-corrected chi connectivity index (χ2v) is 11.1. The first-order valence-corrected chi connectivity index (χ1v) is 11.1. The van der Waals surface area contributed by atoms with Gasteiger partial charge < -0.3 is 0 Å². The number of fused-ring (bicyclic) bond motifs is 2. The third-order valence-corrected chi connectivity index (χ3v) is 8.36. The Morgan fingerprint density at radius 2 is 1.43 bits per heavy atom. The summed E-state index contributed by atoms with van der Waals surface area (Å²) in [7, 11) is -3.80. The third-order valence-electron chi connectivity index (χ3n) is 5.65. The minimum atomic E-state index is -3.80. The van der Waals surface area contributed by atoms with Crippen molar-refractivity contribution in [3.05, 3.63) is 102 Å². The van der Waals surface area contributed by atoms with Crippen LogP contribution in [0.4, 0.5) is 0 Å². The summed E-state index contributed by atoms with van der Waals surface area (Å²) in [5.41, 5.74) is 4.48. The fourth-order valence-electron chi connectivity index (χ4n) is 4.20. The first-order valence-electron chi connectivity index (χ1n) is 10.1. The molecule has 0 aliphatic heterocycles. The van der Waals surface area contributed by atoms with Crippen LogP contribution in [0.15, 0.2) is 90.5 Å². The van der Waals surface area contributed by atoms with Crippen molar-refractivity contribution in [1.82, 2.24) is 0 Å². The lowest BCUT2D eigenvalue weighted by Gasteiger charge is -2.29. The average Bonchev–Trinajstić information content (AvgIpc) is 3.20. The summed E-state index contributed by atoms with van der Waals surface area (Å²) in [6, 6.07) is 20.0. The highest BCUT2D eigenvalue weighted by molar-refractivity contribution is 7.93. The highest BCUT2D eigenvalue weighted by Gasteiger charge is 2.53. The molecule has 0 heterocycles. The molecule has 144 valence electrons. The molecule has 2 aliphatic carbocycles. The smallest absolute Gasteiger partial charge is 0.162 e. The Hall–Kier alpha value is -2.39. The van der Waals surface area contributed by atoms with E-state index in [0.29, 0.717) is 5.57 Å². The van der Waals surface area contributed by atoms with Gasteiger partial charge in [0.25, 0.3) is 0 Å². The molecule has 0 aromatic heterocycles. The minimum Gasteiger partial charge on any atom is -0.228 e. The second-order valence-electron chi connectivity index (χ2n) is 8.41. The normalized spacial score (nSPS) is 27.2. The number of rotatable bonds is 3. The Morgan fingerprint density at radius 3 is 1.89 bits per heavy atom. The van der Waals surface area contributed by atoms with Crippen LogP contribution in [-0.2, 0) is 9.84 Å². The van der Waals surface area contributed by atoms with Crippen LogP contribution in [0, 0.1) is 11.8 Å². The molecule has 28 heavy (non-hydrogen) atoms. The van der Waals surface area contributed by atoms with Crippen molar-refractivity contribution in [1.29, 1.82) is 0 Å². The average molecular weight is 392 g/mol. The van der Waals surface area contributed by atoms with Gasteiger partial charge in [-0.3, -0.25) is 0 Å². The van der Waals surface area contributed by atoms with E-state index in [2.05, 4.69) is 6.58 Å². The molecule has 3 atom stereocenters. The molecule has 0 saturated heterocycles. The van der Waals surface area contributed by atoms with Crippen molar-refractivity contribution in [3.8, 4) is 0 Å². The van der Waals surface area contributed by atoms with E-state index < -0.39 is 25.7 Å². The molecule has 0 N–H and O–H groups in total. The standard InChI is InChI=1S/C25H26O2S/c1-17-20-15-16-21(24(17)28(26,27)25(2,3)4)23(20)22(18-11-7-5-8-12-18)19-13-9-6-10-14-19/h5-16,20-21,24H,1H2,2-4H3/t20-,21-,24-/m1/s1/i24D. The zero-order valence-electron chi connectivity index (χ0n) is 17.5. The van der Waals surface area contributed by atoms with Crippen LogP contribution >= 0.6 is 0 Å². The van der Waals surface area contributed by atoms with E-state index in [0.717, 1.165) is 22.3 Å². The molecule has 2 bridgehead atoms. The van der Waals surface area contributed by atoms with Crippen molar-refractivity contribution < 1.29 is 9.79 Å². The zero-order chi connectivity index (χ0) is 21.0. The lowest BCUT2D eigenvalue weighted by atomic mass is 9.87. The Morgan fingerprint density at radius 1 is 0.929 bits per heavy atom. The molecule has 0 unspecified atom stereocenters. The van der Waals surface area contributed by atoms with Crippen molar-refractivity contribution in [2.75, 3.05) is 0 Å². The van der Waals surface area contributed by atoms with Crippen molar-refractivity contribution in [3.63, 3.8) is 0 Å². The van der Waals surface area contributed by atoms with Gasteiger partial charge in [-0.05, 0) is 48.6 Å². The van der Waals surface area contributed by atoms with Crippen LogP contribution in [0.25, 0.3) is 5.57 Å².